The van der Waals surface area contributed by atoms with Gasteiger partial charge < -0.3 is 15.5 Å². The molecule has 2 aromatic carbocycles. The van der Waals surface area contributed by atoms with Gasteiger partial charge in [-0.05, 0) is 42.8 Å². The summed E-state index contributed by atoms with van der Waals surface area (Å²) in [5.74, 6) is -0.803. The number of rotatable bonds is 8. The van der Waals surface area contributed by atoms with E-state index in [1.807, 2.05) is 6.92 Å². The molecule has 0 heterocycles. The number of anilines is 2. The molecule has 0 atom stereocenters. The summed E-state index contributed by atoms with van der Waals surface area (Å²) in [6, 6.07) is 11.4. The lowest BCUT2D eigenvalue weighted by atomic mass is 10.1. The standard InChI is InChI=1S/C21H23Cl2N3O3/c1-3-10-26(13-20(28)25-18-9-8-15(22)12-17(18)23)21(29)14-6-5-7-16(11-14)24-19(27)4-2/h5-9,11-12H,3-4,10,13H2,1-2H3,(H,24,27)(H,25,28). The second-order valence-electron chi connectivity index (χ2n) is 6.38. The molecular weight excluding hydrogens is 413 g/mol. The second kappa shape index (κ2) is 10.8. The van der Waals surface area contributed by atoms with Gasteiger partial charge in [-0.3, -0.25) is 14.4 Å². The van der Waals surface area contributed by atoms with E-state index in [2.05, 4.69) is 10.6 Å². The van der Waals surface area contributed by atoms with Crippen LogP contribution in [0.3, 0.4) is 0 Å². The summed E-state index contributed by atoms with van der Waals surface area (Å²) < 4.78 is 0. The first-order valence-electron chi connectivity index (χ1n) is 9.28. The molecule has 154 valence electrons. The fraction of sp³-hybridized carbons (Fsp3) is 0.286. The van der Waals surface area contributed by atoms with E-state index in [-0.39, 0.29) is 24.3 Å². The lowest BCUT2D eigenvalue weighted by molar-refractivity contribution is -0.117. The highest BCUT2D eigenvalue weighted by molar-refractivity contribution is 6.36. The molecule has 0 bridgehead atoms. The highest BCUT2D eigenvalue weighted by Gasteiger charge is 2.19. The van der Waals surface area contributed by atoms with E-state index in [9.17, 15) is 14.4 Å². The van der Waals surface area contributed by atoms with Crippen molar-refractivity contribution in [1.82, 2.24) is 4.90 Å². The Kier molecular flexibility index (Phi) is 8.49. The number of benzene rings is 2. The van der Waals surface area contributed by atoms with Gasteiger partial charge in [0, 0.05) is 29.2 Å². The Bertz CT molecular complexity index is 902. The average molecular weight is 436 g/mol. The number of hydrogen-bond donors (Lipinski definition) is 2. The van der Waals surface area contributed by atoms with Crippen molar-refractivity contribution >= 4 is 52.3 Å². The molecule has 0 unspecified atom stereocenters. The molecule has 29 heavy (non-hydrogen) atoms. The number of halogens is 2. The summed E-state index contributed by atoms with van der Waals surface area (Å²) in [4.78, 5) is 38.4. The van der Waals surface area contributed by atoms with Gasteiger partial charge >= 0.3 is 0 Å². The number of nitrogens with zero attached hydrogens (tertiary/aromatic N) is 1. The molecular formula is C21H23Cl2N3O3. The summed E-state index contributed by atoms with van der Waals surface area (Å²) >= 11 is 12.0. The van der Waals surface area contributed by atoms with Gasteiger partial charge in [0.05, 0.1) is 10.7 Å². The predicted molar refractivity (Wildman–Crippen MR) is 117 cm³/mol. The zero-order valence-corrected chi connectivity index (χ0v) is 17.8. The van der Waals surface area contributed by atoms with E-state index < -0.39 is 0 Å². The Morgan fingerprint density at radius 3 is 2.38 bits per heavy atom. The summed E-state index contributed by atoms with van der Waals surface area (Å²) in [5, 5.41) is 6.21. The summed E-state index contributed by atoms with van der Waals surface area (Å²) in [6.45, 7) is 3.95. The molecule has 2 rings (SSSR count). The van der Waals surface area contributed by atoms with Gasteiger partial charge in [-0.2, -0.15) is 0 Å². The predicted octanol–water partition coefficient (Wildman–Crippen LogP) is 4.83. The number of carbonyl (C=O) groups is 3. The molecule has 2 N–H and O–H groups in total. The molecule has 3 amide bonds. The largest absolute Gasteiger partial charge is 0.329 e. The Morgan fingerprint density at radius 1 is 0.966 bits per heavy atom. The maximum Gasteiger partial charge on any atom is 0.254 e. The maximum absolute atomic E-state index is 12.9. The smallest absolute Gasteiger partial charge is 0.254 e. The molecule has 2 aromatic rings. The highest BCUT2D eigenvalue weighted by atomic mass is 35.5. The van der Waals surface area contributed by atoms with Crippen LogP contribution in [0.4, 0.5) is 11.4 Å². The van der Waals surface area contributed by atoms with Gasteiger partial charge in [-0.15, -0.1) is 0 Å². The fourth-order valence-corrected chi connectivity index (χ4v) is 3.09. The van der Waals surface area contributed by atoms with Gasteiger partial charge in [0.2, 0.25) is 11.8 Å². The zero-order valence-electron chi connectivity index (χ0n) is 16.3. The highest BCUT2D eigenvalue weighted by Crippen LogP contribution is 2.25. The van der Waals surface area contributed by atoms with Crippen molar-refractivity contribution in [3.63, 3.8) is 0 Å². The van der Waals surface area contributed by atoms with Crippen LogP contribution < -0.4 is 10.6 Å². The zero-order chi connectivity index (χ0) is 21.4. The molecule has 0 radical (unpaired) electrons. The third kappa shape index (κ3) is 6.76. The molecule has 0 spiro atoms. The lowest BCUT2D eigenvalue weighted by Crippen LogP contribution is -2.38. The van der Waals surface area contributed by atoms with Gasteiger partial charge in [-0.25, -0.2) is 0 Å². The van der Waals surface area contributed by atoms with Crippen molar-refractivity contribution in [2.45, 2.75) is 26.7 Å². The van der Waals surface area contributed by atoms with E-state index in [4.69, 9.17) is 23.2 Å². The Labute approximate surface area is 180 Å². The van der Waals surface area contributed by atoms with E-state index in [0.29, 0.717) is 46.4 Å². The minimum atomic E-state index is -0.369. The number of amides is 3. The average Bonchev–Trinajstić information content (AvgIpc) is 2.69. The first-order valence-corrected chi connectivity index (χ1v) is 10.0. The van der Waals surface area contributed by atoms with Crippen LogP contribution in [0.1, 0.15) is 37.0 Å². The van der Waals surface area contributed by atoms with E-state index in [1.54, 1.807) is 43.3 Å². The van der Waals surface area contributed by atoms with E-state index >= 15 is 0 Å². The van der Waals surface area contributed by atoms with Crippen LogP contribution in [0.2, 0.25) is 10.0 Å². The molecule has 0 aliphatic heterocycles. The van der Waals surface area contributed by atoms with Crippen LogP contribution in [-0.2, 0) is 9.59 Å². The maximum atomic E-state index is 12.9. The molecule has 0 saturated carbocycles. The minimum Gasteiger partial charge on any atom is -0.329 e. The van der Waals surface area contributed by atoms with Crippen molar-refractivity contribution in [3.8, 4) is 0 Å². The summed E-state index contributed by atoms with van der Waals surface area (Å²) in [6.07, 6.45) is 1.03. The first kappa shape index (κ1) is 22.7. The van der Waals surface area contributed by atoms with Crippen LogP contribution in [0.5, 0.6) is 0 Å². The molecule has 6 nitrogen and oxygen atoms in total. The Morgan fingerprint density at radius 2 is 1.72 bits per heavy atom. The van der Waals surface area contributed by atoms with Crippen LogP contribution in [0.25, 0.3) is 0 Å². The normalized spacial score (nSPS) is 10.3. The lowest BCUT2D eigenvalue weighted by Gasteiger charge is -2.22. The van der Waals surface area contributed by atoms with E-state index in [1.165, 1.54) is 11.0 Å². The van der Waals surface area contributed by atoms with Crippen molar-refractivity contribution < 1.29 is 14.4 Å². The second-order valence-corrected chi connectivity index (χ2v) is 7.23. The van der Waals surface area contributed by atoms with E-state index in [0.717, 1.165) is 0 Å². The number of carbonyl (C=O) groups excluding carboxylic acids is 3. The van der Waals surface area contributed by atoms with Crippen LogP contribution in [0.15, 0.2) is 42.5 Å². The van der Waals surface area contributed by atoms with Gasteiger partial charge in [0.15, 0.2) is 0 Å². The van der Waals surface area contributed by atoms with Crippen molar-refractivity contribution in [1.29, 1.82) is 0 Å². The summed E-state index contributed by atoms with van der Waals surface area (Å²) in [7, 11) is 0. The van der Waals surface area contributed by atoms with Crippen molar-refractivity contribution in [3.05, 3.63) is 58.1 Å². The van der Waals surface area contributed by atoms with Gasteiger partial charge in [0.25, 0.3) is 5.91 Å². The van der Waals surface area contributed by atoms with Crippen LogP contribution in [0, 0.1) is 0 Å². The van der Waals surface area contributed by atoms with Gasteiger partial charge in [-0.1, -0.05) is 43.1 Å². The number of hydrogen-bond acceptors (Lipinski definition) is 3. The molecule has 0 aliphatic carbocycles. The third-order valence-corrected chi connectivity index (χ3v) is 4.58. The Hall–Kier alpha value is -2.57. The van der Waals surface area contributed by atoms with Crippen molar-refractivity contribution in [2.24, 2.45) is 0 Å². The SMILES string of the molecule is CCCN(CC(=O)Nc1ccc(Cl)cc1Cl)C(=O)c1cccc(NC(=O)CC)c1. The minimum absolute atomic E-state index is 0.128. The molecule has 0 aromatic heterocycles. The van der Waals surface area contributed by atoms with Crippen LogP contribution in [-0.4, -0.2) is 35.7 Å². The molecule has 0 saturated heterocycles. The topological polar surface area (TPSA) is 78.5 Å². The van der Waals surface area contributed by atoms with Crippen molar-refractivity contribution in [2.75, 3.05) is 23.7 Å². The van der Waals surface area contributed by atoms with Crippen LogP contribution >= 0.6 is 23.2 Å². The third-order valence-electron chi connectivity index (χ3n) is 4.03. The molecule has 8 heteroatoms. The fourth-order valence-electron chi connectivity index (χ4n) is 2.64. The monoisotopic (exact) mass is 435 g/mol. The summed E-state index contributed by atoms with van der Waals surface area (Å²) in [5.41, 5.74) is 1.36. The first-order chi connectivity index (χ1) is 13.8. The van der Waals surface area contributed by atoms with Gasteiger partial charge in [0.1, 0.15) is 6.54 Å². The Balaban J connectivity index is 2.11. The molecule has 0 fully saturated rings. The molecule has 0 aliphatic rings. The number of nitrogens with one attached hydrogen (secondary N) is 2. The quantitative estimate of drug-likeness (QED) is 0.622.